The fraction of sp³-hybridized carbons (Fsp3) is 0.800. The highest BCUT2D eigenvalue weighted by molar-refractivity contribution is 5.95. The summed E-state index contributed by atoms with van der Waals surface area (Å²) >= 11 is 0. The van der Waals surface area contributed by atoms with Crippen LogP contribution in [0.3, 0.4) is 0 Å². The number of carbonyl (C=O) groups excluding carboxylic acids is 2. The fourth-order valence-corrected chi connectivity index (χ4v) is 11.0. The van der Waals surface area contributed by atoms with E-state index in [0.29, 0.717) is 36.8 Å². The number of ether oxygens (including phenoxy) is 1. The molecule has 48 heavy (non-hydrogen) atoms. The lowest BCUT2D eigenvalue weighted by Crippen LogP contribution is -2.62. The molecule has 5 rings (SSSR count). The Hall–Kier alpha value is -2.25. The molecule has 3 aliphatic carbocycles. The van der Waals surface area contributed by atoms with Crippen molar-refractivity contribution < 1.29 is 27.5 Å². The van der Waals surface area contributed by atoms with Gasteiger partial charge in [-0.15, -0.1) is 0 Å². The largest absolute Gasteiger partial charge is 0.496 e. The maximum Gasteiger partial charge on any atom is 0.419 e. The van der Waals surface area contributed by atoms with Crippen LogP contribution in [0.4, 0.5) is 13.2 Å². The summed E-state index contributed by atoms with van der Waals surface area (Å²) in [5, 5.41) is 0. The molecule has 1 aliphatic heterocycles. The number of fused-ring (bicyclic) bond motifs is 5. The van der Waals surface area contributed by atoms with Gasteiger partial charge in [-0.05, 0) is 98.1 Å². The standard InChI is InChI=1S/C40H61F3N2O3/c1-6-7-8-9-10-11-12-13-14-15-26-45(37(47)28-16-19-33(48-5)32(27-28)40(41,42)43)35-21-18-30-29-17-20-34-38(2,25-23-36(46)44(34)4)31(29)22-24-39(30,35)3/h16,19,27,29-31,34-35H,6-15,17-18,20-26H2,1-5H3/t29-,30-,31-,34+,35-,38+,39-/m0/s1. The first-order chi connectivity index (χ1) is 22.9. The van der Waals surface area contributed by atoms with Gasteiger partial charge in [-0.25, -0.2) is 0 Å². The average molecular weight is 675 g/mol. The molecule has 1 saturated heterocycles. The number of methoxy groups -OCH3 is 1. The van der Waals surface area contributed by atoms with Crippen molar-refractivity contribution in [1.82, 2.24) is 9.80 Å². The molecule has 4 aliphatic rings. The van der Waals surface area contributed by atoms with Crippen LogP contribution in [0.15, 0.2) is 18.2 Å². The van der Waals surface area contributed by atoms with Gasteiger partial charge in [-0.3, -0.25) is 9.59 Å². The first-order valence-electron chi connectivity index (χ1n) is 19.2. The topological polar surface area (TPSA) is 49.9 Å². The van der Waals surface area contributed by atoms with Crippen molar-refractivity contribution in [2.75, 3.05) is 20.7 Å². The molecule has 0 unspecified atom stereocenters. The minimum Gasteiger partial charge on any atom is -0.496 e. The third-order valence-electron chi connectivity index (χ3n) is 13.6. The maximum atomic E-state index is 14.4. The van der Waals surface area contributed by atoms with Gasteiger partial charge in [0.15, 0.2) is 0 Å². The van der Waals surface area contributed by atoms with Crippen molar-refractivity contribution in [3.63, 3.8) is 0 Å². The third-order valence-corrected chi connectivity index (χ3v) is 13.6. The van der Waals surface area contributed by atoms with Crippen molar-refractivity contribution in [3.8, 4) is 5.75 Å². The summed E-state index contributed by atoms with van der Waals surface area (Å²) in [7, 11) is 3.22. The van der Waals surface area contributed by atoms with Crippen LogP contribution in [0, 0.1) is 28.6 Å². The number of carbonyl (C=O) groups is 2. The van der Waals surface area contributed by atoms with E-state index in [1.165, 1.54) is 64.2 Å². The first-order valence-corrected chi connectivity index (χ1v) is 19.2. The number of piperidine rings is 1. The fourth-order valence-electron chi connectivity index (χ4n) is 11.0. The molecule has 3 saturated carbocycles. The molecular formula is C40H61F3N2O3. The molecule has 270 valence electrons. The number of alkyl halides is 3. The number of benzene rings is 1. The number of halogens is 3. The van der Waals surface area contributed by atoms with E-state index in [-0.39, 0.29) is 40.0 Å². The van der Waals surface area contributed by atoms with Crippen LogP contribution in [0.2, 0.25) is 0 Å². The second-order valence-electron chi connectivity index (χ2n) is 16.2. The van der Waals surface area contributed by atoms with E-state index in [0.717, 1.165) is 70.3 Å². The highest BCUT2D eigenvalue weighted by Gasteiger charge is 2.62. The van der Waals surface area contributed by atoms with Gasteiger partial charge in [0.1, 0.15) is 5.75 Å². The van der Waals surface area contributed by atoms with Crippen molar-refractivity contribution in [1.29, 1.82) is 0 Å². The monoisotopic (exact) mass is 674 g/mol. The van der Waals surface area contributed by atoms with Gasteiger partial charge in [0.05, 0.1) is 12.7 Å². The van der Waals surface area contributed by atoms with Crippen LogP contribution in [0.1, 0.15) is 152 Å². The van der Waals surface area contributed by atoms with E-state index in [1.54, 1.807) is 0 Å². The Morgan fingerprint density at radius 3 is 2.19 bits per heavy atom. The van der Waals surface area contributed by atoms with Crippen LogP contribution in [0.25, 0.3) is 0 Å². The van der Waals surface area contributed by atoms with E-state index in [4.69, 9.17) is 4.74 Å². The predicted molar refractivity (Wildman–Crippen MR) is 185 cm³/mol. The Balaban J connectivity index is 1.33. The minimum absolute atomic E-state index is 0.00657. The van der Waals surface area contributed by atoms with Crippen LogP contribution < -0.4 is 4.74 Å². The number of hydrogen-bond donors (Lipinski definition) is 0. The number of amides is 2. The molecule has 7 atom stereocenters. The Labute approximate surface area is 287 Å². The molecule has 0 spiro atoms. The number of rotatable bonds is 14. The minimum atomic E-state index is -4.61. The molecule has 1 aromatic rings. The second kappa shape index (κ2) is 15.3. The number of likely N-dealkylation sites (tertiary alicyclic amines) is 1. The van der Waals surface area contributed by atoms with E-state index < -0.39 is 11.7 Å². The molecule has 8 heteroatoms. The summed E-state index contributed by atoms with van der Waals surface area (Å²) in [5.41, 5.74) is -0.757. The molecule has 5 nitrogen and oxygen atoms in total. The summed E-state index contributed by atoms with van der Waals surface area (Å²) in [6.45, 7) is 7.62. The summed E-state index contributed by atoms with van der Waals surface area (Å²) < 4.78 is 47.1. The lowest BCUT2D eigenvalue weighted by atomic mass is 9.47. The predicted octanol–water partition coefficient (Wildman–Crippen LogP) is 10.3. The third kappa shape index (κ3) is 7.29. The molecule has 1 heterocycles. The molecule has 0 bridgehead atoms. The van der Waals surface area contributed by atoms with Gasteiger partial charge in [0.2, 0.25) is 5.91 Å². The molecule has 1 aromatic carbocycles. The van der Waals surface area contributed by atoms with Crippen molar-refractivity contribution in [3.05, 3.63) is 29.3 Å². The lowest BCUT2D eigenvalue weighted by Gasteiger charge is -2.62. The molecule has 2 amide bonds. The molecule has 0 aromatic heterocycles. The molecule has 4 fully saturated rings. The normalized spacial score (nSPS) is 31.6. The molecule has 0 N–H and O–H groups in total. The first kappa shape index (κ1) is 37.0. The quantitative estimate of drug-likeness (QED) is 0.185. The zero-order valence-electron chi connectivity index (χ0n) is 30.3. The average Bonchev–Trinajstić information content (AvgIpc) is 3.41. The van der Waals surface area contributed by atoms with Gasteiger partial charge in [0.25, 0.3) is 5.91 Å². The lowest BCUT2D eigenvalue weighted by molar-refractivity contribution is -0.158. The Bertz CT molecular complexity index is 1270. The molecular weight excluding hydrogens is 613 g/mol. The van der Waals surface area contributed by atoms with Crippen LogP contribution in [-0.2, 0) is 11.0 Å². The zero-order valence-corrected chi connectivity index (χ0v) is 30.3. The van der Waals surface area contributed by atoms with E-state index in [9.17, 15) is 22.8 Å². The summed E-state index contributed by atoms with van der Waals surface area (Å²) in [6, 6.07) is 4.11. The smallest absolute Gasteiger partial charge is 0.419 e. The van der Waals surface area contributed by atoms with Gasteiger partial charge in [0, 0.05) is 37.7 Å². The Morgan fingerprint density at radius 1 is 0.896 bits per heavy atom. The Kier molecular flexibility index (Phi) is 11.8. The van der Waals surface area contributed by atoms with Crippen LogP contribution >= 0.6 is 0 Å². The van der Waals surface area contributed by atoms with E-state index in [2.05, 4.69) is 20.8 Å². The van der Waals surface area contributed by atoms with Crippen molar-refractivity contribution in [2.24, 2.45) is 28.6 Å². The van der Waals surface area contributed by atoms with Gasteiger partial charge < -0.3 is 14.5 Å². The maximum absolute atomic E-state index is 14.4. The highest BCUT2D eigenvalue weighted by Crippen LogP contribution is 2.65. The highest BCUT2D eigenvalue weighted by atomic mass is 19.4. The Morgan fingerprint density at radius 2 is 1.54 bits per heavy atom. The summed E-state index contributed by atoms with van der Waals surface area (Å²) in [5.74, 6) is 1.33. The van der Waals surface area contributed by atoms with Crippen molar-refractivity contribution >= 4 is 11.8 Å². The SMILES string of the molecule is CCCCCCCCCCCCN(C(=O)c1ccc(OC)c(C(F)(F)F)c1)[C@H]1CC[C@H]2[C@@H]3CC[C@H]4N(C)C(=O)CC[C@]4(C)[C@H]3CC[C@]12C. The van der Waals surface area contributed by atoms with Gasteiger partial charge >= 0.3 is 6.18 Å². The van der Waals surface area contributed by atoms with E-state index >= 15 is 0 Å². The van der Waals surface area contributed by atoms with Gasteiger partial charge in [-0.2, -0.15) is 13.2 Å². The molecule has 0 radical (unpaired) electrons. The number of unbranched alkanes of at least 4 members (excludes halogenated alkanes) is 9. The van der Waals surface area contributed by atoms with Gasteiger partial charge in [-0.1, -0.05) is 78.6 Å². The second-order valence-corrected chi connectivity index (χ2v) is 16.2. The van der Waals surface area contributed by atoms with Crippen LogP contribution in [0.5, 0.6) is 5.75 Å². The van der Waals surface area contributed by atoms with Crippen LogP contribution in [-0.4, -0.2) is 54.4 Å². The summed E-state index contributed by atoms with van der Waals surface area (Å²) in [4.78, 5) is 31.0. The zero-order chi connectivity index (χ0) is 34.7. The number of nitrogens with zero attached hydrogens (tertiary/aromatic N) is 2. The number of hydrogen-bond acceptors (Lipinski definition) is 3. The summed E-state index contributed by atoms with van der Waals surface area (Å²) in [6.07, 6.45) is 15.1. The van der Waals surface area contributed by atoms with Crippen molar-refractivity contribution in [2.45, 2.75) is 155 Å². The van der Waals surface area contributed by atoms with E-state index in [1.807, 2.05) is 16.8 Å².